The van der Waals surface area contributed by atoms with Crippen molar-refractivity contribution in [1.29, 1.82) is 0 Å². The normalized spacial score (nSPS) is 24.3. The van der Waals surface area contributed by atoms with Crippen molar-refractivity contribution in [2.24, 2.45) is 17.8 Å². The van der Waals surface area contributed by atoms with E-state index >= 15 is 0 Å². The first-order valence-electron chi connectivity index (χ1n) is 14.1. The van der Waals surface area contributed by atoms with Gasteiger partial charge >= 0.3 is 5.97 Å². The Morgan fingerprint density at radius 1 is 0.714 bits per heavy atom. The number of carbonyl (C=O) groups excluding carboxylic acids is 1. The molecule has 186 valence electrons. The van der Waals surface area contributed by atoms with E-state index < -0.39 is 0 Å². The van der Waals surface area contributed by atoms with E-state index in [1.54, 1.807) is 0 Å². The van der Waals surface area contributed by atoms with Gasteiger partial charge in [0.2, 0.25) is 0 Å². The van der Waals surface area contributed by atoms with Gasteiger partial charge in [-0.15, -0.1) is 0 Å². The van der Waals surface area contributed by atoms with Crippen molar-refractivity contribution in [1.82, 2.24) is 0 Å². The zero-order chi connectivity index (χ0) is 24.5. The Kier molecular flexibility index (Phi) is 9.47. The van der Waals surface area contributed by atoms with Crippen LogP contribution in [0.2, 0.25) is 0 Å². The van der Waals surface area contributed by atoms with Crippen LogP contribution in [0, 0.1) is 29.6 Å². The summed E-state index contributed by atoms with van der Waals surface area (Å²) in [5.41, 5.74) is 3.45. The number of esters is 1. The Morgan fingerprint density at radius 2 is 1.20 bits per heavy atom. The highest BCUT2D eigenvalue weighted by Crippen LogP contribution is 2.37. The highest BCUT2D eigenvalue weighted by Gasteiger charge is 2.27. The molecule has 2 aromatic carbocycles. The van der Waals surface area contributed by atoms with E-state index in [1.165, 1.54) is 56.9 Å². The van der Waals surface area contributed by atoms with Crippen molar-refractivity contribution in [3.8, 4) is 17.6 Å². The summed E-state index contributed by atoms with van der Waals surface area (Å²) in [4.78, 5) is 12.6. The van der Waals surface area contributed by atoms with Crippen molar-refractivity contribution in [2.75, 3.05) is 0 Å². The SMILES string of the molecule is CCCC1CCC(C(=O)Oc2ccc(C#Cc3ccc(C4CCC(CCC)CC4)cc3)cc2)CC1. The maximum Gasteiger partial charge on any atom is 0.314 e. The molecule has 2 heteroatoms. The topological polar surface area (TPSA) is 26.3 Å². The fourth-order valence-electron chi connectivity index (χ4n) is 6.08. The summed E-state index contributed by atoms with van der Waals surface area (Å²) in [5, 5.41) is 0. The zero-order valence-corrected chi connectivity index (χ0v) is 21.7. The summed E-state index contributed by atoms with van der Waals surface area (Å²) in [6.07, 6.45) is 14.9. The van der Waals surface area contributed by atoms with Crippen LogP contribution in [-0.4, -0.2) is 5.97 Å². The second-order valence-electron chi connectivity index (χ2n) is 10.8. The molecule has 4 rings (SSSR count). The average Bonchev–Trinajstić information content (AvgIpc) is 2.90. The Morgan fingerprint density at radius 3 is 1.71 bits per heavy atom. The molecule has 2 saturated carbocycles. The van der Waals surface area contributed by atoms with Crippen molar-refractivity contribution >= 4 is 5.97 Å². The summed E-state index contributed by atoms with van der Waals surface area (Å²) in [5.74, 6) is 9.59. The molecule has 0 N–H and O–H groups in total. The van der Waals surface area contributed by atoms with E-state index in [-0.39, 0.29) is 11.9 Å². The van der Waals surface area contributed by atoms with Gasteiger partial charge in [-0.25, -0.2) is 0 Å². The van der Waals surface area contributed by atoms with Crippen LogP contribution in [0.15, 0.2) is 48.5 Å². The molecule has 0 radical (unpaired) electrons. The molecule has 2 aliphatic carbocycles. The number of carbonyl (C=O) groups is 1. The molecule has 2 fully saturated rings. The minimum absolute atomic E-state index is 0.0527. The van der Waals surface area contributed by atoms with Crippen LogP contribution in [-0.2, 0) is 4.79 Å². The third kappa shape index (κ3) is 7.47. The third-order valence-corrected chi connectivity index (χ3v) is 8.23. The second kappa shape index (κ2) is 13.0. The van der Waals surface area contributed by atoms with E-state index in [9.17, 15) is 4.79 Å². The standard InChI is InChI=1S/C33H42O2/c1-3-5-25-9-17-29(18-10-25)30-19-11-27(12-20-30)7-8-28-15-23-32(24-16-28)35-33(34)31-21-13-26(6-4-2)14-22-31/h11-12,15-16,19-20,23-26,29,31H,3-6,9-10,13-14,17-18,21-22H2,1-2H3. The van der Waals surface area contributed by atoms with Crippen LogP contribution in [0.5, 0.6) is 5.75 Å². The van der Waals surface area contributed by atoms with Gasteiger partial charge in [-0.2, -0.15) is 0 Å². The lowest BCUT2D eigenvalue weighted by atomic mass is 9.77. The molecule has 0 atom stereocenters. The molecular weight excluding hydrogens is 428 g/mol. The van der Waals surface area contributed by atoms with E-state index in [1.807, 2.05) is 24.3 Å². The first kappa shape index (κ1) is 25.6. The molecule has 0 aromatic heterocycles. The molecule has 2 aromatic rings. The predicted octanol–water partition coefficient (Wildman–Crippen LogP) is 8.67. The van der Waals surface area contributed by atoms with Crippen LogP contribution in [0.4, 0.5) is 0 Å². The third-order valence-electron chi connectivity index (χ3n) is 8.23. The predicted molar refractivity (Wildman–Crippen MR) is 144 cm³/mol. The Bertz CT molecular complexity index is 976. The molecule has 2 aliphatic rings. The highest BCUT2D eigenvalue weighted by molar-refractivity contribution is 5.75. The minimum Gasteiger partial charge on any atom is -0.426 e. The van der Waals surface area contributed by atoms with Gasteiger partial charge in [-0.1, -0.05) is 63.5 Å². The van der Waals surface area contributed by atoms with Gasteiger partial charge in [0, 0.05) is 11.1 Å². The zero-order valence-electron chi connectivity index (χ0n) is 21.7. The van der Waals surface area contributed by atoms with Crippen LogP contribution >= 0.6 is 0 Å². The molecular formula is C33H42O2. The number of ether oxygens (including phenoxy) is 1. The van der Waals surface area contributed by atoms with Crippen molar-refractivity contribution in [3.63, 3.8) is 0 Å². The Labute approximate surface area is 212 Å². The Hall–Kier alpha value is -2.53. The van der Waals surface area contributed by atoms with Gasteiger partial charge < -0.3 is 4.74 Å². The number of rotatable bonds is 7. The van der Waals surface area contributed by atoms with Gasteiger partial charge in [0.25, 0.3) is 0 Å². The lowest BCUT2D eigenvalue weighted by Crippen LogP contribution is -2.25. The maximum atomic E-state index is 12.6. The van der Waals surface area contributed by atoms with Gasteiger partial charge in [0.15, 0.2) is 0 Å². The molecule has 0 unspecified atom stereocenters. The highest BCUT2D eigenvalue weighted by atomic mass is 16.5. The van der Waals surface area contributed by atoms with Crippen LogP contribution < -0.4 is 4.74 Å². The summed E-state index contributed by atoms with van der Waals surface area (Å²) >= 11 is 0. The van der Waals surface area contributed by atoms with E-state index in [0.29, 0.717) is 11.7 Å². The molecule has 0 amide bonds. The molecule has 0 aliphatic heterocycles. The summed E-state index contributed by atoms with van der Waals surface area (Å²) in [6, 6.07) is 16.5. The lowest BCUT2D eigenvalue weighted by Gasteiger charge is -2.28. The fraction of sp³-hybridized carbons (Fsp3) is 0.545. The van der Waals surface area contributed by atoms with Crippen molar-refractivity contribution < 1.29 is 9.53 Å². The summed E-state index contributed by atoms with van der Waals surface area (Å²) in [7, 11) is 0. The van der Waals surface area contributed by atoms with Crippen LogP contribution in [0.3, 0.4) is 0 Å². The summed E-state index contributed by atoms with van der Waals surface area (Å²) < 4.78 is 5.67. The van der Waals surface area contributed by atoms with Gasteiger partial charge in [-0.3, -0.25) is 4.79 Å². The summed E-state index contributed by atoms with van der Waals surface area (Å²) in [6.45, 7) is 4.54. The van der Waals surface area contributed by atoms with Gasteiger partial charge in [0.1, 0.15) is 5.75 Å². The number of hydrogen-bond acceptors (Lipinski definition) is 2. The van der Waals surface area contributed by atoms with Crippen LogP contribution in [0.1, 0.15) is 114 Å². The Balaban J connectivity index is 1.26. The van der Waals surface area contributed by atoms with Crippen molar-refractivity contribution in [2.45, 2.75) is 96.8 Å². The minimum atomic E-state index is -0.0716. The molecule has 0 spiro atoms. The average molecular weight is 471 g/mol. The number of benzene rings is 2. The van der Waals surface area contributed by atoms with Gasteiger partial charge in [-0.05, 0) is 111 Å². The fourth-order valence-corrected chi connectivity index (χ4v) is 6.08. The first-order chi connectivity index (χ1) is 17.1. The van der Waals surface area contributed by atoms with E-state index in [0.717, 1.165) is 48.6 Å². The quantitative estimate of drug-likeness (QED) is 0.230. The molecule has 0 saturated heterocycles. The lowest BCUT2D eigenvalue weighted by molar-refractivity contribution is -0.140. The largest absolute Gasteiger partial charge is 0.426 e. The van der Waals surface area contributed by atoms with Crippen LogP contribution in [0.25, 0.3) is 0 Å². The molecule has 2 nitrogen and oxygen atoms in total. The second-order valence-corrected chi connectivity index (χ2v) is 10.8. The number of hydrogen-bond donors (Lipinski definition) is 0. The van der Waals surface area contributed by atoms with Crippen molar-refractivity contribution in [3.05, 3.63) is 65.2 Å². The molecule has 0 bridgehead atoms. The van der Waals surface area contributed by atoms with Gasteiger partial charge in [0.05, 0.1) is 5.92 Å². The molecule has 0 heterocycles. The molecule has 35 heavy (non-hydrogen) atoms. The maximum absolute atomic E-state index is 12.6. The smallest absolute Gasteiger partial charge is 0.314 e. The van der Waals surface area contributed by atoms with E-state index in [2.05, 4.69) is 50.0 Å². The van der Waals surface area contributed by atoms with E-state index in [4.69, 9.17) is 4.74 Å². The monoisotopic (exact) mass is 470 g/mol. The first-order valence-corrected chi connectivity index (χ1v) is 14.1.